The highest BCUT2D eigenvalue weighted by Gasteiger charge is 2.33. The highest BCUT2D eigenvalue weighted by Crippen LogP contribution is 2.31. The normalized spacial score (nSPS) is 12.1. The molecule has 0 fully saturated rings. The van der Waals surface area contributed by atoms with E-state index in [9.17, 15) is 18.0 Å². The number of carbonyl (C=O) groups excluding carboxylic acids is 2. The lowest BCUT2D eigenvalue weighted by atomic mass is 10.1. The number of aryl methyl sites for hydroxylation is 1. The Labute approximate surface area is 238 Å². The van der Waals surface area contributed by atoms with Crippen LogP contribution in [-0.2, 0) is 26.2 Å². The average molecular weight is 597 g/mol. The van der Waals surface area contributed by atoms with E-state index in [1.807, 2.05) is 6.92 Å². The van der Waals surface area contributed by atoms with Crippen LogP contribution in [-0.4, -0.2) is 44.8 Å². The minimum atomic E-state index is -4.19. The second kappa shape index (κ2) is 12.4. The van der Waals surface area contributed by atoms with E-state index in [1.54, 1.807) is 56.3 Å². The Balaban J connectivity index is 2.09. The van der Waals surface area contributed by atoms with Gasteiger partial charge in [0.1, 0.15) is 12.6 Å². The van der Waals surface area contributed by atoms with Crippen LogP contribution in [0.15, 0.2) is 65.6 Å². The summed E-state index contributed by atoms with van der Waals surface area (Å²) in [5.41, 5.74) is 2.18. The topological polar surface area (TPSA) is 86.8 Å². The Morgan fingerprint density at radius 3 is 2.21 bits per heavy atom. The van der Waals surface area contributed by atoms with Gasteiger partial charge in [-0.1, -0.05) is 64.6 Å². The van der Waals surface area contributed by atoms with Crippen LogP contribution in [0, 0.1) is 13.8 Å². The lowest BCUT2D eigenvalue weighted by Crippen LogP contribution is -2.50. The van der Waals surface area contributed by atoms with Crippen molar-refractivity contribution in [1.29, 1.82) is 0 Å². The van der Waals surface area contributed by atoms with Crippen molar-refractivity contribution in [1.82, 2.24) is 10.2 Å². The van der Waals surface area contributed by atoms with E-state index < -0.39 is 34.4 Å². The molecule has 2 amide bonds. The number of likely N-dealkylation sites (N-methyl/N-ethyl adjacent to an activating group) is 1. The molecule has 0 spiro atoms. The zero-order valence-corrected chi connectivity index (χ0v) is 24.4. The van der Waals surface area contributed by atoms with Crippen molar-refractivity contribution in [3.63, 3.8) is 0 Å². The third-order valence-corrected chi connectivity index (χ3v) is 8.94. The number of nitrogens with zero attached hydrogens (tertiary/aromatic N) is 2. The number of sulfonamides is 1. The maximum atomic E-state index is 13.9. The Hall–Kier alpha value is -2.78. The van der Waals surface area contributed by atoms with E-state index in [4.69, 9.17) is 34.8 Å². The molecule has 1 N–H and O–H groups in total. The van der Waals surface area contributed by atoms with Crippen LogP contribution in [0.5, 0.6) is 0 Å². The summed E-state index contributed by atoms with van der Waals surface area (Å²) in [6.07, 6.45) is 0. The van der Waals surface area contributed by atoms with Crippen LogP contribution in [0.4, 0.5) is 5.69 Å². The molecule has 0 saturated heterocycles. The summed E-state index contributed by atoms with van der Waals surface area (Å²) in [5, 5.41) is 3.62. The van der Waals surface area contributed by atoms with Crippen LogP contribution in [0.1, 0.15) is 23.6 Å². The summed E-state index contributed by atoms with van der Waals surface area (Å²) in [4.78, 5) is 27.7. The largest absolute Gasteiger partial charge is 0.357 e. The molecule has 0 aromatic heterocycles. The molecule has 3 aromatic carbocycles. The van der Waals surface area contributed by atoms with Crippen molar-refractivity contribution in [2.24, 2.45) is 0 Å². The molecule has 3 rings (SSSR count). The van der Waals surface area contributed by atoms with Gasteiger partial charge in [-0.25, -0.2) is 8.42 Å². The zero-order chi connectivity index (χ0) is 28.2. The molecule has 1 atom stereocenters. The maximum absolute atomic E-state index is 13.9. The highest BCUT2D eigenvalue weighted by atomic mass is 35.5. The molecule has 0 unspecified atom stereocenters. The monoisotopic (exact) mass is 595 g/mol. The molecule has 0 heterocycles. The Bertz CT molecular complexity index is 1450. The number of halogens is 3. The summed E-state index contributed by atoms with van der Waals surface area (Å²) in [7, 11) is -2.74. The molecule has 0 aliphatic heterocycles. The predicted octanol–water partition coefficient (Wildman–Crippen LogP) is 5.62. The first-order valence-electron chi connectivity index (χ1n) is 11.7. The number of anilines is 1. The van der Waals surface area contributed by atoms with Crippen LogP contribution >= 0.6 is 34.8 Å². The predicted molar refractivity (Wildman–Crippen MR) is 152 cm³/mol. The number of amides is 2. The third kappa shape index (κ3) is 6.61. The zero-order valence-electron chi connectivity index (χ0n) is 21.3. The first-order valence-corrected chi connectivity index (χ1v) is 14.2. The fourth-order valence-electron chi connectivity index (χ4n) is 3.84. The van der Waals surface area contributed by atoms with Gasteiger partial charge in [-0.15, -0.1) is 0 Å². The van der Waals surface area contributed by atoms with E-state index in [-0.39, 0.29) is 17.1 Å². The van der Waals surface area contributed by atoms with Gasteiger partial charge in [0, 0.05) is 28.7 Å². The quantitative estimate of drug-likeness (QED) is 0.347. The van der Waals surface area contributed by atoms with Crippen LogP contribution in [0.3, 0.4) is 0 Å². The molecule has 11 heteroatoms. The fourth-order valence-corrected chi connectivity index (χ4v) is 5.95. The van der Waals surface area contributed by atoms with E-state index >= 15 is 0 Å². The smallest absolute Gasteiger partial charge is 0.264 e. The number of hydrogen-bond donors (Lipinski definition) is 1. The number of benzene rings is 3. The summed E-state index contributed by atoms with van der Waals surface area (Å²) >= 11 is 18.7. The molecule has 202 valence electrons. The standard InChI is InChI=1S/C27H28Cl3N3O4S/c1-17-8-12-22(13-9-17)38(36,37)33(25-7-5-6-23(29)18(25)2)16-26(34)32(19(3)27(35)31-4)15-20-10-11-21(28)14-24(20)30/h5-14,19H,15-16H2,1-4H3,(H,31,35)/t19-/m0/s1. The van der Waals surface area contributed by atoms with Gasteiger partial charge in [0.2, 0.25) is 11.8 Å². The van der Waals surface area contributed by atoms with Gasteiger partial charge in [0.25, 0.3) is 10.0 Å². The molecule has 0 radical (unpaired) electrons. The van der Waals surface area contributed by atoms with Gasteiger partial charge in [0.15, 0.2) is 0 Å². The molecule has 0 aliphatic rings. The summed E-state index contributed by atoms with van der Waals surface area (Å²) in [6.45, 7) is 4.46. The lowest BCUT2D eigenvalue weighted by molar-refractivity contribution is -0.139. The molecule has 3 aromatic rings. The molecule has 0 saturated carbocycles. The Morgan fingerprint density at radius 2 is 1.61 bits per heavy atom. The number of hydrogen-bond acceptors (Lipinski definition) is 4. The van der Waals surface area contributed by atoms with Gasteiger partial charge in [-0.2, -0.15) is 0 Å². The number of nitrogens with one attached hydrogen (secondary N) is 1. The minimum Gasteiger partial charge on any atom is -0.357 e. The van der Waals surface area contributed by atoms with Gasteiger partial charge in [-0.05, 0) is 68.3 Å². The lowest BCUT2D eigenvalue weighted by Gasteiger charge is -2.32. The van der Waals surface area contributed by atoms with Crippen LogP contribution < -0.4 is 9.62 Å². The molecule has 38 heavy (non-hydrogen) atoms. The Morgan fingerprint density at radius 1 is 0.947 bits per heavy atom. The van der Waals surface area contributed by atoms with Crippen molar-refractivity contribution in [2.45, 2.75) is 38.3 Å². The first-order chi connectivity index (χ1) is 17.9. The molecule has 7 nitrogen and oxygen atoms in total. The summed E-state index contributed by atoms with van der Waals surface area (Å²) in [5.74, 6) is -1.03. The van der Waals surface area contributed by atoms with Crippen molar-refractivity contribution >= 4 is 62.3 Å². The minimum absolute atomic E-state index is 0.0157. The number of carbonyl (C=O) groups is 2. The maximum Gasteiger partial charge on any atom is 0.264 e. The van der Waals surface area contributed by atoms with Crippen molar-refractivity contribution in [3.05, 3.63) is 92.4 Å². The molecular weight excluding hydrogens is 569 g/mol. The highest BCUT2D eigenvalue weighted by molar-refractivity contribution is 7.92. The average Bonchev–Trinajstić information content (AvgIpc) is 2.88. The summed E-state index contributed by atoms with van der Waals surface area (Å²) < 4.78 is 28.8. The van der Waals surface area contributed by atoms with Crippen molar-refractivity contribution < 1.29 is 18.0 Å². The Kier molecular flexibility index (Phi) is 9.70. The second-order valence-corrected chi connectivity index (χ2v) is 11.9. The van der Waals surface area contributed by atoms with Crippen LogP contribution in [0.25, 0.3) is 0 Å². The van der Waals surface area contributed by atoms with E-state index in [1.165, 1.54) is 30.1 Å². The van der Waals surface area contributed by atoms with Crippen molar-refractivity contribution in [3.8, 4) is 0 Å². The van der Waals surface area contributed by atoms with Gasteiger partial charge >= 0.3 is 0 Å². The van der Waals surface area contributed by atoms with Crippen LogP contribution in [0.2, 0.25) is 15.1 Å². The van der Waals surface area contributed by atoms with E-state index in [0.29, 0.717) is 26.2 Å². The van der Waals surface area contributed by atoms with Gasteiger partial charge < -0.3 is 10.2 Å². The first kappa shape index (κ1) is 29.8. The van der Waals surface area contributed by atoms with E-state index in [0.717, 1.165) is 9.87 Å². The fraction of sp³-hybridized carbons (Fsp3) is 0.259. The summed E-state index contributed by atoms with van der Waals surface area (Å²) in [6, 6.07) is 15.1. The second-order valence-electron chi connectivity index (χ2n) is 8.76. The van der Waals surface area contributed by atoms with Gasteiger partial charge in [0.05, 0.1) is 10.6 Å². The molecule has 0 bridgehead atoms. The SMILES string of the molecule is CNC(=O)[C@H](C)N(Cc1ccc(Cl)cc1Cl)C(=O)CN(c1cccc(Cl)c1C)S(=O)(=O)c1ccc(C)cc1. The van der Waals surface area contributed by atoms with Crippen molar-refractivity contribution in [2.75, 3.05) is 17.9 Å². The van der Waals surface area contributed by atoms with Gasteiger partial charge in [-0.3, -0.25) is 13.9 Å². The molecular formula is C27H28Cl3N3O4S. The molecule has 0 aliphatic carbocycles. The third-order valence-electron chi connectivity index (χ3n) is 6.17. The number of rotatable bonds is 9. The van der Waals surface area contributed by atoms with E-state index in [2.05, 4.69) is 5.32 Å².